The molecular formula is C10H12N2. The minimum absolute atomic E-state index is 0.898. The van der Waals surface area contributed by atoms with Crippen LogP contribution in [-0.4, -0.2) is 12.3 Å². The van der Waals surface area contributed by atoms with E-state index in [0.717, 1.165) is 24.5 Å². The fourth-order valence-electron chi connectivity index (χ4n) is 1.39. The third kappa shape index (κ3) is 1.38. The van der Waals surface area contributed by atoms with Crippen LogP contribution in [0.5, 0.6) is 0 Å². The van der Waals surface area contributed by atoms with Gasteiger partial charge >= 0.3 is 0 Å². The standard InChI is InChI=1S/C10H12N2/c1-8-6-11-7-9-4-2-3-5-10(9)12-8/h2-5,11H,6-7H2,1H3. The molecule has 0 fully saturated rings. The van der Waals surface area contributed by atoms with E-state index in [1.54, 1.807) is 0 Å². The Labute approximate surface area is 72.3 Å². The molecule has 2 nitrogen and oxygen atoms in total. The van der Waals surface area contributed by atoms with Crippen LogP contribution in [0, 0.1) is 0 Å². The van der Waals surface area contributed by atoms with Crippen LogP contribution in [0.2, 0.25) is 0 Å². The summed E-state index contributed by atoms with van der Waals surface area (Å²) in [5.41, 5.74) is 3.55. The Kier molecular flexibility index (Phi) is 1.92. The summed E-state index contributed by atoms with van der Waals surface area (Å²) in [6, 6.07) is 8.26. The first-order chi connectivity index (χ1) is 5.86. The van der Waals surface area contributed by atoms with Crippen LogP contribution < -0.4 is 5.32 Å². The lowest BCUT2D eigenvalue weighted by Gasteiger charge is -2.00. The number of nitrogens with one attached hydrogen (secondary N) is 1. The van der Waals surface area contributed by atoms with Gasteiger partial charge in [0, 0.05) is 18.8 Å². The third-order valence-electron chi connectivity index (χ3n) is 2.00. The SMILES string of the molecule is CC1=Nc2ccccc2CNC1. The van der Waals surface area contributed by atoms with Crippen molar-refractivity contribution in [2.45, 2.75) is 13.5 Å². The highest BCUT2D eigenvalue weighted by atomic mass is 14.9. The molecule has 2 rings (SSSR count). The molecule has 0 atom stereocenters. The molecular weight excluding hydrogens is 148 g/mol. The summed E-state index contributed by atoms with van der Waals surface area (Å²) >= 11 is 0. The van der Waals surface area contributed by atoms with Gasteiger partial charge in [0.05, 0.1) is 5.69 Å². The summed E-state index contributed by atoms with van der Waals surface area (Å²) in [4.78, 5) is 4.49. The Morgan fingerprint density at radius 1 is 1.25 bits per heavy atom. The minimum atomic E-state index is 0.898. The molecule has 1 aromatic rings. The van der Waals surface area contributed by atoms with Gasteiger partial charge in [-0.2, -0.15) is 0 Å². The van der Waals surface area contributed by atoms with E-state index in [4.69, 9.17) is 0 Å². The Morgan fingerprint density at radius 2 is 2.08 bits per heavy atom. The predicted octanol–water partition coefficient (Wildman–Crippen LogP) is 1.88. The number of nitrogens with zero attached hydrogens (tertiary/aromatic N) is 1. The van der Waals surface area contributed by atoms with Crippen molar-refractivity contribution >= 4 is 11.4 Å². The molecule has 0 radical (unpaired) electrons. The van der Waals surface area contributed by atoms with Gasteiger partial charge in [0.1, 0.15) is 0 Å². The predicted molar refractivity (Wildman–Crippen MR) is 50.9 cm³/mol. The monoisotopic (exact) mass is 160 g/mol. The highest BCUT2D eigenvalue weighted by Crippen LogP contribution is 2.19. The maximum absolute atomic E-state index is 4.49. The van der Waals surface area contributed by atoms with Crippen molar-refractivity contribution in [3.8, 4) is 0 Å². The first-order valence-corrected chi connectivity index (χ1v) is 4.19. The molecule has 0 spiro atoms. The number of aliphatic imine (C=N–C) groups is 1. The molecule has 0 amide bonds. The molecule has 1 heterocycles. The van der Waals surface area contributed by atoms with Gasteiger partial charge in [-0.05, 0) is 18.6 Å². The zero-order chi connectivity index (χ0) is 8.39. The van der Waals surface area contributed by atoms with Gasteiger partial charge in [-0.1, -0.05) is 18.2 Å². The first-order valence-electron chi connectivity index (χ1n) is 4.19. The molecule has 0 unspecified atom stereocenters. The van der Waals surface area contributed by atoms with Gasteiger partial charge < -0.3 is 5.32 Å². The van der Waals surface area contributed by atoms with Crippen molar-refractivity contribution in [2.24, 2.45) is 4.99 Å². The Hall–Kier alpha value is -1.15. The molecule has 1 aliphatic rings. The molecule has 0 saturated carbocycles. The molecule has 1 aliphatic heterocycles. The second kappa shape index (κ2) is 3.07. The smallest absolute Gasteiger partial charge is 0.0674 e. The van der Waals surface area contributed by atoms with Crippen LogP contribution in [0.25, 0.3) is 0 Å². The molecule has 1 N–H and O–H groups in total. The van der Waals surface area contributed by atoms with Crippen LogP contribution in [0.1, 0.15) is 12.5 Å². The lowest BCUT2D eigenvalue weighted by Crippen LogP contribution is -2.18. The Bertz CT molecular complexity index is 315. The molecule has 0 saturated heterocycles. The van der Waals surface area contributed by atoms with E-state index < -0.39 is 0 Å². The van der Waals surface area contributed by atoms with E-state index in [2.05, 4.69) is 35.4 Å². The maximum atomic E-state index is 4.49. The van der Waals surface area contributed by atoms with Gasteiger partial charge in [0.2, 0.25) is 0 Å². The number of para-hydroxylation sites is 1. The third-order valence-corrected chi connectivity index (χ3v) is 2.00. The van der Waals surface area contributed by atoms with Crippen molar-refractivity contribution in [3.63, 3.8) is 0 Å². The average molecular weight is 160 g/mol. The van der Waals surface area contributed by atoms with Crippen molar-refractivity contribution in [2.75, 3.05) is 6.54 Å². The molecule has 12 heavy (non-hydrogen) atoms. The van der Waals surface area contributed by atoms with Crippen LogP contribution in [-0.2, 0) is 6.54 Å². The van der Waals surface area contributed by atoms with Crippen molar-refractivity contribution in [3.05, 3.63) is 29.8 Å². The average Bonchev–Trinajstić information content (AvgIpc) is 2.25. The quantitative estimate of drug-likeness (QED) is 0.615. The van der Waals surface area contributed by atoms with Crippen LogP contribution in [0.4, 0.5) is 5.69 Å². The Balaban J connectivity index is 2.47. The van der Waals surface area contributed by atoms with E-state index in [-0.39, 0.29) is 0 Å². The van der Waals surface area contributed by atoms with Crippen LogP contribution in [0.3, 0.4) is 0 Å². The van der Waals surface area contributed by atoms with Crippen molar-refractivity contribution in [1.82, 2.24) is 5.32 Å². The van der Waals surface area contributed by atoms with E-state index in [9.17, 15) is 0 Å². The largest absolute Gasteiger partial charge is 0.307 e. The molecule has 2 heteroatoms. The van der Waals surface area contributed by atoms with Gasteiger partial charge in [-0.3, -0.25) is 4.99 Å². The molecule has 0 aromatic heterocycles. The zero-order valence-electron chi connectivity index (χ0n) is 7.17. The van der Waals surface area contributed by atoms with E-state index in [1.165, 1.54) is 5.56 Å². The summed E-state index contributed by atoms with van der Waals surface area (Å²) in [5, 5.41) is 3.32. The first kappa shape index (κ1) is 7.50. The lowest BCUT2D eigenvalue weighted by atomic mass is 10.2. The lowest BCUT2D eigenvalue weighted by molar-refractivity contribution is 0.784. The summed E-state index contributed by atoms with van der Waals surface area (Å²) in [7, 11) is 0. The second-order valence-electron chi connectivity index (χ2n) is 3.08. The topological polar surface area (TPSA) is 24.4 Å². The van der Waals surface area contributed by atoms with E-state index in [1.807, 2.05) is 6.07 Å². The van der Waals surface area contributed by atoms with Crippen molar-refractivity contribution < 1.29 is 0 Å². The number of hydrogen-bond acceptors (Lipinski definition) is 2. The Morgan fingerprint density at radius 3 is 3.00 bits per heavy atom. The highest BCUT2D eigenvalue weighted by molar-refractivity contribution is 5.87. The molecule has 1 aromatic carbocycles. The number of rotatable bonds is 0. The molecule has 0 aliphatic carbocycles. The number of hydrogen-bond donors (Lipinski definition) is 1. The summed E-state index contributed by atoms with van der Waals surface area (Å²) < 4.78 is 0. The maximum Gasteiger partial charge on any atom is 0.0674 e. The fourth-order valence-corrected chi connectivity index (χ4v) is 1.39. The van der Waals surface area contributed by atoms with Gasteiger partial charge in [-0.25, -0.2) is 0 Å². The van der Waals surface area contributed by atoms with E-state index in [0.29, 0.717) is 0 Å². The van der Waals surface area contributed by atoms with E-state index >= 15 is 0 Å². The molecule has 0 bridgehead atoms. The van der Waals surface area contributed by atoms with Crippen LogP contribution >= 0.6 is 0 Å². The normalized spacial score (nSPS) is 16.2. The summed E-state index contributed by atoms with van der Waals surface area (Å²) in [6.07, 6.45) is 0. The number of benzene rings is 1. The van der Waals surface area contributed by atoms with Crippen molar-refractivity contribution in [1.29, 1.82) is 0 Å². The fraction of sp³-hybridized carbons (Fsp3) is 0.300. The zero-order valence-corrected chi connectivity index (χ0v) is 7.17. The molecule has 62 valence electrons. The second-order valence-corrected chi connectivity index (χ2v) is 3.08. The summed E-state index contributed by atoms with van der Waals surface area (Å²) in [6.45, 7) is 3.88. The van der Waals surface area contributed by atoms with Gasteiger partial charge in [0.25, 0.3) is 0 Å². The minimum Gasteiger partial charge on any atom is -0.307 e. The van der Waals surface area contributed by atoms with Crippen LogP contribution in [0.15, 0.2) is 29.3 Å². The highest BCUT2D eigenvalue weighted by Gasteiger charge is 2.04. The number of fused-ring (bicyclic) bond motifs is 1. The van der Waals surface area contributed by atoms with Gasteiger partial charge in [-0.15, -0.1) is 0 Å². The van der Waals surface area contributed by atoms with Gasteiger partial charge in [0.15, 0.2) is 0 Å². The summed E-state index contributed by atoms with van der Waals surface area (Å²) in [5.74, 6) is 0.